The first-order chi connectivity index (χ1) is 14.5. The van der Waals surface area contributed by atoms with Crippen LogP contribution in [0.3, 0.4) is 0 Å². The van der Waals surface area contributed by atoms with Gasteiger partial charge in [-0.05, 0) is 49.4 Å². The number of anilines is 1. The molecule has 170 valence electrons. The molecule has 0 unspecified atom stereocenters. The fourth-order valence-corrected chi connectivity index (χ4v) is 5.89. The topological polar surface area (TPSA) is 109 Å². The number of pyridine rings is 1. The molecule has 3 rings (SSSR count). The summed E-state index contributed by atoms with van der Waals surface area (Å²) in [6.07, 6.45) is 2.42. The Hall–Kier alpha value is -1.75. The number of aromatic nitrogens is 1. The van der Waals surface area contributed by atoms with Crippen molar-refractivity contribution in [3.63, 3.8) is 0 Å². The van der Waals surface area contributed by atoms with Crippen LogP contribution < -0.4 is 10.3 Å². The highest BCUT2D eigenvalue weighted by Crippen LogP contribution is 2.49. The van der Waals surface area contributed by atoms with E-state index in [1.807, 2.05) is 0 Å². The molecular formula is C21H26BrFN2O5S. The summed E-state index contributed by atoms with van der Waals surface area (Å²) in [5.74, 6) is -0.993. The Morgan fingerprint density at radius 1 is 1.29 bits per heavy atom. The summed E-state index contributed by atoms with van der Waals surface area (Å²) >= 11 is 3.21. The van der Waals surface area contributed by atoms with Gasteiger partial charge >= 0.3 is 0 Å². The summed E-state index contributed by atoms with van der Waals surface area (Å²) in [4.78, 5) is 12.5. The first-order valence-corrected chi connectivity index (χ1v) is 12.2. The first-order valence-electron chi connectivity index (χ1n) is 9.90. The molecule has 0 atom stereocenters. The zero-order valence-corrected chi connectivity index (χ0v) is 19.8. The molecule has 0 amide bonds. The van der Waals surface area contributed by atoms with Gasteiger partial charge in [-0.2, -0.15) is 0 Å². The van der Waals surface area contributed by atoms with Crippen molar-refractivity contribution in [2.24, 2.45) is 13.0 Å². The SMILES string of the molecule is Cc1c(Cc2ccc(Br)cc2F)c(NS(=O)(=O)C2(CC(CO)CO)CC2)cn(C)c1=O. The second-order valence-corrected chi connectivity index (χ2v) is 11.2. The minimum absolute atomic E-state index is 0.0434. The summed E-state index contributed by atoms with van der Waals surface area (Å²) in [6, 6.07) is 4.59. The lowest BCUT2D eigenvalue weighted by molar-refractivity contribution is 0.141. The Bertz CT molecular complexity index is 1140. The molecule has 2 aromatic rings. The molecule has 1 fully saturated rings. The van der Waals surface area contributed by atoms with Gasteiger partial charge < -0.3 is 14.8 Å². The number of halogens is 2. The van der Waals surface area contributed by atoms with Crippen molar-refractivity contribution in [3.8, 4) is 0 Å². The average molecular weight is 517 g/mol. The Kier molecular flexibility index (Phi) is 6.95. The van der Waals surface area contributed by atoms with Crippen LogP contribution in [0, 0.1) is 18.7 Å². The standard InChI is InChI=1S/C21H26BrFN2O5S/c1-13-17(7-15-3-4-16(22)8-18(15)23)19(10-25(2)20(13)28)24-31(29,30)21(5-6-21)9-14(11-26)12-27/h3-4,8,10,14,24,26-27H,5-7,9,11-12H2,1-2H3. The Morgan fingerprint density at radius 2 is 1.94 bits per heavy atom. The number of aryl methyl sites for hydroxylation is 1. The zero-order valence-electron chi connectivity index (χ0n) is 17.4. The predicted octanol–water partition coefficient (Wildman–Crippen LogP) is 2.45. The summed E-state index contributed by atoms with van der Waals surface area (Å²) in [6.45, 7) is 0.980. The minimum Gasteiger partial charge on any atom is -0.396 e. The largest absolute Gasteiger partial charge is 0.396 e. The Balaban J connectivity index is 2.00. The van der Waals surface area contributed by atoms with E-state index < -0.39 is 26.5 Å². The lowest BCUT2D eigenvalue weighted by Crippen LogP contribution is -2.34. The van der Waals surface area contributed by atoms with Gasteiger partial charge in [0.05, 0.1) is 10.4 Å². The molecule has 1 aliphatic rings. The van der Waals surface area contributed by atoms with Gasteiger partial charge in [-0.25, -0.2) is 12.8 Å². The normalized spacial score (nSPS) is 15.3. The van der Waals surface area contributed by atoms with Crippen LogP contribution in [0.2, 0.25) is 0 Å². The van der Waals surface area contributed by atoms with Gasteiger partial charge in [0.25, 0.3) is 5.56 Å². The van der Waals surface area contributed by atoms with Gasteiger partial charge in [0, 0.05) is 48.8 Å². The van der Waals surface area contributed by atoms with Crippen LogP contribution in [0.5, 0.6) is 0 Å². The first kappa shape index (κ1) is 23.9. The average Bonchev–Trinajstić information content (AvgIpc) is 3.50. The second kappa shape index (κ2) is 9.01. The number of hydrogen-bond donors (Lipinski definition) is 3. The molecule has 1 heterocycles. The van der Waals surface area contributed by atoms with Crippen LogP contribution in [-0.4, -0.2) is 41.2 Å². The van der Waals surface area contributed by atoms with E-state index in [1.54, 1.807) is 19.1 Å². The molecule has 31 heavy (non-hydrogen) atoms. The third-order valence-electron chi connectivity index (χ3n) is 5.92. The lowest BCUT2D eigenvalue weighted by atomic mass is 10.00. The van der Waals surface area contributed by atoms with Crippen LogP contribution >= 0.6 is 15.9 Å². The number of benzene rings is 1. The van der Waals surface area contributed by atoms with Crippen LogP contribution in [-0.2, 0) is 23.5 Å². The maximum Gasteiger partial charge on any atom is 0.253 e. The number of sulfonamides is 1. The van der Waals surface area contributed by atoms with Gasteiger partial charge in [-0.15, -0.1) is 0 Å². The number of nitrogens with one attached hydrogen (secondary N) is 1. The van der Waals surface area contributed by atoms with Gasteiger partial charge in [0.2, 0.25) is 10.0 Å². The Labute approximate surface area is 189 Å². The molecule has 0 bridgehead atoms. The number of aliphatic hydroxyl groups is 2. The van der Waals surface area contributed by atoms with Crippen LogP contribution in [0.25, 0.3) is 0 Å². The third-order valence-corrected chi connectivity index (χ3v) is 8.62. The van der Waals surface area contributed by atoms with E-state index in [-0.39, 0.29) is 37.3 Å². The molecule has 0 spiro atoms. The molecule has 0 saturated heterocycles. The van der Waals surface area contributed by atoms with Crippen molar-refractivity contribution >= 4 is 31.6 Å². The highest BCUT2D eigenvalue weighted by molar-refractivity contribution is 9.10. The van der Waals surface area contributed by atoms with Crippen LogP contribution in [0.15, 0.2) is 33.7 Å². The maximum atomic E-state index is 14.4. The monoisotopic (exact) mass is 516 g/mol. The third kappa shape index (κ3) is 4.87. The molecule has 0 aliphatic heterocycles. The van der Waals surface area contributed by atoms with E-state index in [1.165, 1.54) is 23.9 Å². The molecule has 0 radical (unpaired) electrons. The summed E-state index contributed by atoms with van der Waals surface area (Å²) < 4.78 is 44.3. The number of hydrogen-bond acceptors (Lipinski definition) is 5. The lowest BCUT2D eigenvalue weighted by Gasteiger charge is -2.23. The smallest absolute Gasteiger partial charge is 0.253 e. The summed E-state index contributed by atoms with van der Waals surface area (Å²) in [5.41, 5.74) is 1.000. The zero-order chi connectivity index (χ0) is 23.0. The number of nitrogens with zero attached hydrogens (tertiary/aromatic N) is 1. The van der Waals surface area contributed by atoms with E-state index in [0.717, 1.165) is 0 Å². The van der Waals surface area contributed by atoms with Crippen LogP contribution in [0.1, 0.15) is 36.0 Å². The Morgan fingerprint density at radius 3 is 2.48 bits per heavy atom. The van der Waals surface area contributed by atoms with Crippen molar-refractivity contribution in [1.82, 2.24) is 4.57 Å². The number of rotatable bonds is 9. The van der Waals surface area contributed by atoms with Gasteiger partial charge in [0.1, 0.15) is 5.82 Å². The number of aliphatic hydroxyl groups excluding tert-OH is 2. The van der Waals surface area contributed by atoms with Crippen molar-refractivity contribution in [2.75, 3.05) is 17.9 Å². The quantitative estimate of drug-likeness (QED) is 0.474. The fourth-order valence-electron chi connectivity index (χ4n) is 3.78. The van der Waals surface area contributed by atoms with E-state index in [9.17, 15) is 27.8 Å². The second-order valence-electron chi connectivity index (χ2n) is 8.20. The van der Waals surface area contributed by atoms with Gasteiger partial charge in [-0.1, -0.05) is 22.0 Å². The molecule has 1 saturated carbocycles. The summed E-state index contributed by atoms with van der Waals surface area (Å²) in [7, 11) is -2.36. The van der Waals surface area contributed by atoms with E-state index in [2.05, 4.69) is 20.7 Å². The molecule has 1 aromatic carbocycles. The highest BCUT2D eigenvalue weighted by atomic mass is 79.9. The molecule has 1 aromatic heterocycles. The van der Waals surface area contributed by atoms with Crippen molar-refractivity contribution in [2.45, 2.75) is 37.4 Å². The van der Waals surface area contributed by atoms with Crippen molar-refractivity contribution in [1.29, 1.82) is 0 Å². The molecule has 1 aliphatic carbocycles. The highest BCUT2D eigenvalue weighted by Gasteiger charge is 2.55. The predicted molar refractivity (Wildman–Crippen MR) is 120 cm³/mol. The van der Waals surface area contributed by atoms with E-state index >= 15 is 0 Å². The van der Waals surface area contributed by atoms with Crippen molar-refractivity contribution in [3.05, 3.63) is 61.7 Å². The van der Waals surface area contributed by atoms with Crippen LogP contribution in [0.4, 0.5) is 10.1 Å². The molecular weight excluding hydrogens is 491 g/mol. The fraction of sp³-hybridized carbons (Fsp3) is 0.476. The summed E-state index contributed by atoms with van der Waals surface area (Å²) in [5, 5.41) is 18.8. The minimum atomic E-state index is -3.88. The molecule has 10 heteroatoms. The molecule has 7 nitrogen and oxygen atoms in total. The maximum absolute atomic E-state index is 14.4. The van der Waals surface area contributed by atoms with E-state index in [0.29, 0.717) is 34.0 Å². The molecule has 3 N–H and O–H groups in total. The van der Waals surface area contributed by atoms with E-state index in [4.69, 9.17) is 0 Å². The van der Waals surface area contributed by atoms with Gasteiger partial charge in [0.15, 0.2) is 0 Å². The van der Waals surface area contributed by atoms with Gasteiger partial charge in [-0.3, -0.25) is 9.52 Å². The van der Waals surface area contributed by atoms with Crippen molar-refractivity contribution < 1.29 is 23.0 Å².